The first-order chi connectivity index (χ1) is 12.1. The van der Waals surface area contributed by atoms with Crippen molar-refractivity contribution in [3.63, 3.8) is 0 Å². The zero-order valence-electron chi connectivity index (χ0n) is 14.1. The number of nitrogens with zero attached hydrogens (tertiary/aromatic N) is 2. The van der Waals surface area contributed by atoms with Gasteiger partial charge >= 0.3 is 12.1 Å². The average molecular weight is 372 g/mol. The number of rotatable bonds is 4. The molecule has 1 aliphatic heterocycles. The van der Waals surface area contributed by atoms with Gasteiger partial charge in [-0.3, -0.25) is 14.4 Å². The van der Waals surface area contributed by atoms with Gasteiger partial charge in [0.15, 0.2) is 0 Å². The second-order valence-corrected chi connectivity index (χ2v) is 6.20. The monoisotopic (exact) mass is 372 g/mol. The van der Waals surface area contributed by atoms with Crippen molar-refractivity contribution in [2.75, 3.05) is 26.7 Å². The number of likely N-dealkylation sites (N-methyl/N-ethyl adjacent to an activating group) is 1. The molecule has 0 spiro atoms. The Bertz CT molecular complexity index is 697. The van der Waals surface area contributed by atoms with Gasteiger partial charge in [-0.05, 0) is 25.0 Å². The summed E-state index contributed by atoms with van der Waals surface area (Å²) >= 11 is 0. The number of hydrogen-bond donors (Lipinski definition) is 1. The highest BCUT2D eigenvalue weighted by atomic mass is 19.4. The molecule has 1 saturated heterocycles. The number of piperidine rings is 1. The van der Waals surface area contributed by atoms with Crippen LogP contribution in [0.2, 0.25) is 0 Å². The second kappa shape index (κ2) is 7.76. The van der Waals surface area contributed by atoms with Crippen LogP contribution in [0.25, 0.3) is 0 Å². The van der Waals surface area contributed by atoms with Gasteiger partial charge in [-0.25, -0.2) is 0 Å². The van der Waals surface area contributed by atoms with Crippen LogP contribution in [-0.4, -0.2) is 59.4 Å². The predicted octanol–water partition coefficient (Wildman–Crippen LogP) is 2.10. The quantitative estimate of drug-likeness (QED) is 0.878. The number of alkyl halides is 3. The summed E-state index contributed by atoms with van der Waals surface area (Å²) in [6, 6.07) is 4.41. The molecule has 2 rings (SSSR count). The zero-order valence-corrected chi connectivity index (χ0v) is 14.1. The van der Waals surface area contributed by atoms with Crippen molar-refractivity contribution >= 4 is 17.8 Å². The molecule has 0 aliphatic carbocycles. The second-order valence-electron chi connectivity index (χ2n) is 6.20. The van der Waals surface area contributed by atoms with Gasteiger partial charge in [-0.15, -0.1) is 0 Å². The molecule has 1 aromatic carbocycles. The van der Waals surface area contributed by atoms with E-state index in [1.807, 2.05) is 0 Å². The number of carbonyl (C=O) groups is 3. The van der Waals surface area contributed by atoms with E-state index in [2.05, 4.69) is 0 Å². The fourth-order valence-corrected chi connectivity index (χ4v) is 2.87. The molecule has 1 heterocycles. The lowest BCUT2D eigenvalue weighted by molar-refractivity contribution is -0.145. The van der Waals surface area contributed by atoms with Gasteiger partial charge in [0.25, 0.3) is 5.91 Å². The maximum absolute atomic E-state index is 13.0. The minimum absolute atomic E-state index is 0.247. The number of carbonyl (C=O) groups excluding carboxylic acids is 2. The molecule has 1 fully saturated rings. The molecule has 0 unspecified atom stereocenters. The van der Waals surface area contributed by atoms with Gasteiger partial charge in [0.2, 0.25) is 5.91 Å². The van der Waals surface area contributed by atoms with E-state index in [0.717, 1.165) is 17.0 Å². The van der Waals surface area contributed by atoms with Crippen LogP contribution in [-0.2, 0) is 15.8 Å². The van der Waals surface area contributed by atoms with Crippen LogP contribution >= 0.6 is 0 Å². The third-order valence-electron chi connectivity index (χ3n) is 4.38. The largest absolute Gasteiger partial charge is 0.481 e. The molecule has 1 N–H and O–H groups in total. The summed E-state index contributed by atoms with van der Waals surface area (Å²) in [5.74, 6) is -2.73. The first-order valence-electron chi connectivity index (χ1n) is 8.03. The number of aliphatic carboxylic acids is 1. The Kier molecular flexibility index (Phi) is 5.89. The molecule has 2 amide bonds. The van der Waals surface area contributed by atoms with Gasteiger partial charge in [0.05, 0.1) is 23.6 Å². The summed E-state index contributed by atoms with van der Waals surface area (Å²) in [7, 11) is 1.26. The van der Waals surface area contributed by atoms with Gasteiger partial charge in [-0.2, -0.15) is 13.2 Å². The van der Waals surface area contributed by atoms with Gasteiger partial charge in [-0.1, -0.05) is 12.1 Å². The first kappa shape index (κ1) is 19.7. The Hall–Kier alpha value is -2.58. The Labute approximate surface area is 148 Å². The molecule has 0 saturated carbocycles. The lowest BCUT2D eigenvalue weighted by Gasteiger charge is -2.31. The molecular formula is C17H19F3N2O4. The number of hydrogen-bond acceptors (Lipinski definition) is 3. The highest BCUT2D eigenvalue weighted by molar-refractivity contribution is 5.97. The van der Waals surface area contributed by atoms with Crippen LogP contribution in [0.1, 0.15) is 28.8 Å². The van der Waals surface area contributed by atoms with Crippen molar-refractivity contribution in [1.82, 2.24) is 9.80 Å². The Balaban J connectivity index is 2.02. The standard InChI is InChI=1S/C17H19F3N2O4/c1-21(10-14(23)22-8-6-11(7-9-22)16(25)26)15(24)12-4-2-3-5-13(12)17(18,19)20/h2-5,11H,6-10H2,1H3,(H,25,26). The van der Waals surface area contributed by atoms with E-state index in [0.29, 0.717) is 12.8 Å². The molecule has 1 aliphatic rings. The molecule has 0 bridgehead atoms. The lowest BCUT2D eigenvalue weighted by Crippen LogP contribution is -2.45. The van der Waals surface area contributed by atoms with E-state index < -0.39 is 41.0 Å². The summed E-state index contributed by atoms with van der Waals surface area (Å²) in [6.07, 6.45) is -4.04. The van der Waals surface area contributed by atoms with E-state index in [9.17, 15) is 27.6 Å². The summed E-state index contributed by atoms with van der Waals surface area (Å²) in [4.78, 5) is 37.9. The Morgan fingerprint density at radius 1 is 1.19 bits per heavy atom. The van der Waals surface area contributed by atoms with Gasteiger partial charge in [0, 0.05) is 20.1 Å². The molecular weight excluding hydrogens is 353 g/mol. The van der Waals surface area contributed by atoms with E-state index in [-0.39, 0.29) is 19.6 Å². The first-order valence-corrected chi connectivity index (χ1v) is 8.03. The van der Waals surface area contributed by atoms with Crippen molar-refractivity contribution < 1.29 is 32.7 Å². The molecule has 6 nitrogen and oxygen atoms in total. The number of halogens is 3. The van der Waals surface area contributed by atoms with E-state index in [1.165, 1.54) is 24.1 Å². The number of benzene rings is 1. The van der Waals surface area contributed by atoms with E-state index in [4.69, 9.17) is 5.11 Å². The smallest absolute Gasteiger partial charge is 0.417 e. The molecule has 0 radical (unpaired) electrons. The summed E-state index contributed by atoms with van der Waals surface area (Å²) in [5.41, 5.74) is -1.56. The lowest BCUT2D eigenvalue weighted by atomic mass is 9.97. The number of carboxylic acid groups (broad SMARTS) is 1. The average Bonchev–Trinajstić information content (AvgIpc) is 2.60. The summed E-state index contributed by atoms with van der Waals surface area (Å²) < 4.78 is 39.1. The van der Waals surface area contributed by atoms with E-state index >= 15 is 0 Å². The van der Waals surface area contributed by atoms with Crippen molar-refractivity contribution in [1.29, 1.82) is 0 Å². The van der Waals surface area contributed by atoms with E-state index in [1.54, 1.807) is 0 Å². The Morgan fingerprint density at radius 3 is 2.31 bits per heavy atom. The van der Waals surface area contributed by atoms with Crippen LogP contribution in [0.5, 0.6) is 0 Å². The molecule has 9 heteroatoms. The Morgan fingerprint density at radius 2 is 1.77 bits per heavy atom. The molecule has 26 heavy (non-hydrogen) atoms. The van der Waals surface area contributed by atoms with Crippen molar-refractivity contribution in [2.45, 2.75) is 19.0 Å². The minimum Gasteiger partial charge on any atom is -0.481 e. The number of likely N-dealkylation sites (tertiary alicyclic amines) is 1. The molecule has 142 valence electrons. The molecule has 1 aromatic rings. The van der Waals surface area contributed by atoms with Gasteiger partial charge in [0.1, 0.15) is 0 Å². The van der Waals surface area contributed by atoms with Crippen molar-refractivity contribution in [2.24, 2.45) is 5.92 Å². The minimum atomic E-state index is -4.67. The van der Waals surface area contributed by atoms with Crippen LogP contribution < -0.4 is 0 Å². The number of amides is 2. The topological polar surface area (TPSA) is 77.9 Å². The SMILES string of the molecule is CN(CC(=O)N1CCC(C(=O)O)CC1)C(=O)c1ccccc1C(F)(F)F. The maximum atomic E-state index is 13.0. The predicted molar refractivity (Wildman–Crippen MR) is 85.3 cm³/mol. The van der Waals surface area contributed by atoms with Crippen molar-refractivity contribution in [3.8, 4) is 0 Å². The molecule has 0 atom stereocenters. The number of carboxylic acids is 1. The van der Waals surface area contributed by atoms with Crippen LogP contribution in [0.4, 0.5) is 13.2 Å². The van der Waals surface area contributed by atoms with Crippen LogP contribution in [0.3, 0.4) is 0 Å². The third-order valence-corrected chi connectivity index (χ3v) is 4.38. The highest BCUT2D eigenvalue weighted by Crippen LogP contribution is 2.32. The normalized spacial score (nSPS) is 15.6. The van der Waals surface area contributed by atoms with Gasteiger partial charge < -0.3 is 14.9 Å². The fraction of sp³-hybridized carbons (Fsp3) is 0.471. The molecule has 0 aromatic heterocycles. The van der Waals surface area contributed by atoms with Crippen LogP contribution in [0, 0.1) is 5.92 Å². The maximum Gasteiger partial charge on any atom is 0.417 e. The van der Waals surface area contributed by atoms with Crippen LogP contribution in [0.15, 0.2) is 24.3 Å². The third kappa shape index (κ3) is 4.53. The summed E-state index contributed by atoms with van der Waals surface area (Å²) in [5, 5.41) is 8.95. The fourth-order valence-electron chi connectivity index (χ4n) is 2.87. The van der Waals surface area contributed by atoms with Crippen molar-refractivity contribution in [3.05, 3.63) is 35.4 Å². The highest BCUT2D eigenvalue weighted by Gasteiger charge is 2.36. The zero-order chi connectivity index (χ0) is 19.5. The summed E-state index contributed by atoms with van der Waals surface area (Å²) in [6.45, 7) is 0.122.